The fraction of sp³-hybridized carbons (Fsp3) is 0.706. The number of nitrogens with one attached hydrogen (secondary N) is 1. The third-order valence-corrected chi connectivity index (χ3v) is 4.88. The van der Waals surface area contributed by atoms with Crippen molar-refractivity contribution < 1.29 is 4.74 Å². The molecule has 1 aliphatic heterocycles. The third-order valence-electron chi connectivity index (χ3n) is 4.88. The Labute approximate surface area is 128 Å². The molecule has 21 heavy (non-hydrogen) atoms. The van der Waals surface area contributed by atoms with Crippen LogP contribution in [0.1, 0.15) is 44.0 Å². The van der Waals surface area contributed by atoms with Crippen molar-refractivity contribution in [2.24, 2.45) is 0 Å². The van der Waals surface area contributed by atoms with E-state index in [-0.39, 0.29) is 5.54 Å². The average molecular weight is 291 g/mol. The third kappa shape index (κ3) is 3.38. The largest absolute Gasteiger partial charge is 0.496 e. The highest BCUT2D eigenvalue weighted by atomic mass is 16.5. The average Bonchev–Trinajstić information content (AvgIpc) is 2.46. The van der Waals surface area contributed by atoms with Crippen molar-refractivity contribution in [3.63, 3.8) is 0 Å². The van der Waals surface area contributed by atoms with Gasteiger partial charge in [0.15, 0.2) is 0 Å². The molecule has 2 atom stereocenters. The lowest BCUT2D eigenvalue weighted by Gasteiger charge is -2.45. The highest BCUT2D eigenvalue weighted by Gasteiger charge is 2.32. The summed E-state index contributed by atoms with van der Waals surface area (Å²) in [5.41, 5.74) is 3.60. The summed E-state index contributed by atoms with van der Waals surface area (Å²) < 4.78 is 5.52. The highest BCUT2D eigenvalue weighted by molar-refractivity contribution is 5.41. The molecule has 1 aromatic heterocycles. The summed E-state index contributed by atoms with van der Waals surface area (Å²) in [6.07, 6.45) is 3.06. The second-order valence-corrected chi connectivity index (χ2v) is 6.60. The highest BCUT2D eigenvalue weighted by Crippen LogP contribution is 2.27. The van der Waals surface area contributed by atoms with E-state index in [1.54, 1.807) is 7.11 Å². The van der Waals surface area contributed by atoms with Gasteiger partial charge in [0.05, 0.1) is 12.8 Å². The number of aromatic nitrogens is 1. The van der Waals surface area contributed by atoms with Gasteiger partial charge in [-0.25, -0.2) is 0 Å². The molecule has 0 saturated carbocycles. The summed E-state index contributed by atoms with van der Waals surface area (Å²) in [7, 11) is 1.74. The number of methoxy groups -OCH3 is 1. The molecule has 0 aliphatic carbocycles. The van der Waals surface area contributed by atoms with Crippen LogP contribution in [0, 0.1) is 13.8 Å². The summed E-state index contributed by atoms with van der Waals surface area (Å²) in [5, 5.41) is 3.67. The van der Waals surface area contributed by atoms with Crippen molar-refractivity contribution in [1.29, 1.82) is 0 Å². The first-order valence-corrected chi connectivity index (χ1v) is 7.88. The van der Waals surface area contributed by atoms with Crippen molar-refractivity contribution in [2.45, 2.75) is 59.2 Å². The monoisotopic (exact) mass is 291 g/mol. The SMILES string of the molecule is CCC1(C)CN(Cc2ncc(C)c(OC)c2C)C(C)CN1. The molecule has 2 rings (SSSR count). The van der Waals surface area contributed by atoms with Crippen LogP contribution in [0.15, 0.2) is 6.20 Å². The van der Waals surface area contributed by atoms with Crippen LogP contribution in [0.3, 0.4) is 0 Å². The smallest absolute Gasteiger partial charge is 0.128 e. The molecule has 0 amide bonds. The first-order valence-electron chi connectivity index (χ1n) is 7.88. The van der Waals surface area contributed by atoms with E-state index in [2.05, 4.69) is 42.9 Å². The summed E-state index contributed by atoms with van der Waals surface area (Å²) in [6.45, 7) is 14.0. The molecule has 2 heterocycles. The summed E-state index contributed by atoms with van der Waals surface area (Å²) in [4.78, 5) is 7.18. The number of nitrogens with zero attached hydrogens (tertiary/aromatic N) is 2. The Bertz CT molecular complexity index is 503. The molecule has 0 radical (unpaired) electrons. The van der Waals surface area contributed by atoms with E-state index in [9.17, 15) is 0 Å². The van der Waals surface area contributed by atoms with Gasteiger partial charge in [0.25, 0.3) is 0 Å². The molecule has 1 N–H and O–H groups in total. The Hall–Kier alpha value is -1.13. The zero-order valence-electron chi connectivity index (χ0n) is 14.3. The maximum absolute atomic E-state index is 5.52. The molecule has 0 spiro atoms. The Morgan fingerprint density at radius 1 is 1.48 bits per heavy atom. The summed E-state index contributed by atoms with van der Waals surface area (Å²) in [5.74, 6) is 0.973. The molecule has 1 saturated heterocycles. The van der Waals surface area contributed by atoms with Crippen molar-refractivity contribution >= 4 is 0 Å². The van der Waals surface area contributed by atoms with Gasteiger partial charge in [-0.2, -0.15) is 0 Å². The fourth-order valence-electron chi connectivity index (χ4n) is 3.05. The van der Waals surface area contributed by atoms with Crippen LogP contribution in [0.5, 0.6) is 5.75 Å². The molecule has 1 aliphatic rings. The minimum Gasteiger partial charge on any atom is -0.496 e. The lowest BCUT2D eigenvalue weighted by molar-refractivity contribution is 0.0852. The van der Waals surface area contributed by atoms with Crippen LogP contribution in [0.4, 0.5) is 0 Å². The van der Waals surface area contributed by atoms with Crippen LogP contribution in [0.25, 0.3) is 0 Å². The summed E-state index contributed by atoms with van der Waals surface area (Å²) >= 11 is 0. The Morgan fingerprint density at radius 3 is 2.81 bits per heavy atom. The van der Waals surface area contributed by atoms with E-state index < -0.39 is 0 Å². The van der Waals surface area contributed by atoms with Crippen molar-refractivity contribution in [2.75, 3.05) is 20.2 Å². The van der Waals surface area contributed by atoms with Gasteiger partial charge in [-0.3, -0.25) is 9.88 Å². The summed E-state index contributed by atoms with van der Waals surface area (Å²) in [6, 6.07) is 0.526. The minimum absolute atomic E-state index is 0.204. The second kappa shape index (κ2) is 6.32. The molecule has 118 valence electrons. The maximum Gasteiger partial charge on any atom is 0.128 e. The van der Waals surface area contributed by atoms with E-state index >= 15 is 0 Å². The standard InChI is InChI=1S/C17H29N3O/c1-7-17(5)11-20(13(3)9-19-17)10-15-14(4)16(21-6)12(2)8-18-15/h8,13,19H,7,9-11H2,1-6H3. The van der Waals surface area contributed by atoms with Crippen LogP contribution in [0.2, 0.25) is 0 Å². The molecule has 0 bridgehead atoms. The van der Waals surface area contributed by atoms with Gasteiger partial charge in [0.2, 0.25) is 0 Å². The molecule has 1 fully saturated rings. The Balaban J connectivity index is 2.21. The molecule has 4 nitrogen and oxygen atoms in total. The zero-order valence-corrected chi connectivity index (χ0v) is 14.3. The molecule has 1 aromatic rings. The molecular formula is C17H29N3O. The van der Waals surface area contributed by atoms with Gasteiger partial charge < -0.3 is 10.1 Å². The van der Waals surface area contributed by atoms with E-state index in [4.69, 9.17) is 4.74 Å². The second-order valence-electron chi connectivity index (χ2n) is 6.60. The fourth-order valence-corrected chi connectivity index (χ4v) is 3.05. The van der Waals surface area contributed by atoms with E-state index in [0.717, 1.165) is 43.1 Å². The number of pyridine rings is 1. The quantitative estimate of drug-likeness (QED) is 0.925. The first-order chi connectivity index (χ1) is 9.90. The van der Waals surface area contributed by atoms with Crippen LogP contribution in [-0.2, 0) is 6.54 Å². The van der Waals surface area contributed by atoms with Gasteiger partial charge in [-0.15, -0.1) is 0 Å². The van der Waals surface area contributed by atoms with Gasteiger partial charge in [-0.05, 0) is 34.1 Å². The Kier molecular flexibility index (Phi) is 4.89. The number of ether oxygens (including phenoxy) is 1. The number of hydrogen-bond acceptors (Lipinski definition) is 4. The van der Waals surface area contributed by atoms with Gasteiger partial charge >= 0.3 is 0 Å². The van der Waals surface area contributed by atoms with Crippen LogP contribution in [-0.4, -0.2) is 41.7 Å². The zero-order chi connectivity index (χ0) is 15.6. The van der Waals surface area contributed by atoms with Crippen LogP contribution < -0.4 is 10.1 Å². The maximum atomic E-state index is 5.52. The topological polar surface area (TPSA) is 37.4 Å². The minimum atomic E-state index is 0.204. The van der Waals surface area contributed by atoms with E-state index in [0.29, 0.717) is 6.04 Å². The number of aryl methyl sites for hydroxylation is 1. The normalized spacial score (nSPS) is 26.9. The van der Waals surface area contributed by atoms with Crippen molar-refractivity contribution in [1.82, 2.24) is 15.2 Å². The number of hydrogen-bond donors (Lipinski definition) is 1. The number of rotatable bonds is 4. The lowest BCUT2D eigenvalue weighted by atomic mass is 9.93. The lowest BCUT2D eigenvalue weighted by Crippen LogP contribution is -2.61. The molecule has 0 aromatic carbocycles. The van der Waals surface area contributed by atoms with Gasteiger partial charge in [0, 0.05) is 48.5 Å². The van der Waals surface area contributed by atoms with E-state index in [1.165, 1.54) is 5.56 Å². The molecule has 4 heteroatoms. The molecule has 2 unspecified atom stereocenters. The van der Waals surface area contributed by atoms with Crippen molar-refractivity contribution in [3.8, 4) is 5.75 Å². The van der Waals surface area contributed by atoms with Crippen LogP contribution >= 0.6 is 0 Å². The van der Waals surface area contributed by atoms with Crippen molar-refractivity contribution in [3.05, 3.63) is 23.0 Å². The van der Waals surface area contributed by atoms with Gasteiger partial charge in [-0.1, -0.05) is 6.92 Å². The Morgan fingerprint density at radius 2 is 2.19 bits per heavy atom. The predicted octanol–water partition coefficient (Wildman–Crippen LogP) is 2.67. The van der Waals surface area contributed by atoms with E-state index in [1.807, 2.05) is 13.1 Å². The van der Waals surface area contributed by atoms with Gasteiger partial charge in [0.1, 0.15) is 5.75 Å². The molecular weight excluding hydrogens is 262 g/mol. The predicted molar refractivity (Wildman–Crippen MR) is 86.8 cm³/mol. The number of piperazine rings is 1. The first kappa shape index (κ1) is 16.2.